The van der Waals surface area contributed by atoms with Gasteiger partial charge in [0.15, 0.2) is 0 Å². The molecule has 4 heteroatoms. The van der Waals surface area contributed by atoms with E-state index in [1.165, 1.54) is 0 Å². The van der Waals surface area contributed by atoms with Crippen molar-refractivity contribution in [3.8, 4) is 0 Å². The summed E-state index contributed by atoms with van der Waals surface area (Å²) in [5, 5.41) is 3.43. The Hall–Kier alpha value is -1.03. The molecule has 0 spiro atoms. The molecule has 4 nitrogen and oxygen atoms in total. The second-order valence-corrected chi connectivity index (χ2v) is 5.10. The van der Waals surface area contributed by atoms with Crippen LogP contribution in [0.3, 0.4) is 0 Å². The van der Waals surface area contributed by atoms with E-state index in [0.717, 1.165) is 45.1 Å². The van der Waals surface area contributed by atoms with E-state index in [1.54, 1.807) is 0 Å². The summed E-state index contributed by atoms with van der Waals surface area (Å²) in [6.07, 6.45) is 5.08. The van der Waals surface area contributed by atoms with Crippen LogP contribution < -0.4 is 5.32 Å². The molecule has 0 bridgehead atoms. The first-order chi connectivity index (χ1) is 8.67. The predicted molar refractivity (Wildman–Crippen MR) is 78.0 cm³/mol. The molecule has 0 aliphatic rings. The molecule has 1 N–H and O–H groups in total. The Kier molecular flexibility index (Phi) is 6.80. The zero-order chi connectivity index (χ0) is 13.4. The summed E-state index contributed by atoms with van der Waals surface area (Å²) in [6, 6.07) is 0. The molecule has 0 saturated heterocycles. The van der Waals surface area contributed by atoms with E-state index in [0.29, 0.717) is 5.92 Å². The minimum Gasteiger partial charge on any atom is -0.356 e. The van der Waals surface area contributed by atoms with Gasteiger partial charge in [0.25, 0.3) is 0 Å². The predicted octanol–water partition coefficient (Wildman–Crippen LogP) is 2.68. The molecule has 0 radical (unpaired) electrons. The van der Waals surface area contributed by atoms with Crippen LogP contribution in [-0.4, -0.2) is 40.6 Å². The molecule has 0 amide bonds. The summed E-state index contributed by atoms with van der Waals surface area (Å²) in [5.41, 5.74) is 0. The molecular formula is C14H28N4. The fourth-order valence-electron chi connectivity index (χ4n) is 2.06. The van der Waals surface area contributed by atoms with Crippen LogP contribution in [0.1, 0.15) is 34.1 Å². The first kappa shape index (κ1) is 15.0. The maximum atomic E-state index is 4.36. The minimum atomic E-state index is 0.649. The van der Waals surface area contributed by atoms with Gasteiger partial charge in [-0.3, -0.25) is 0 Å². The quantitative estimate of drug-likeness (QED) is 0.686. The fraction of sp³-hybridized carbons (Fsp3) is 0.786. The van der Waals surface area contributed by atoms with Gasteiger partial charge in [0.2, 0.25) is 5.95 Å². The summed E-state index contributed by atoms with van der Waals surface area (Å²) in [7, 11) is 0. The van der Waals surface area contributed by atoms with Gasteiger partial charge in [0.05, 0.1) is 0 Å². The van der Waals surface area contributed by atoms with Gasteiger partial charge in [-0.2, -0.15) is 0 Å². The minimum absolute atomic E-state index is 0.649. The SMILES string of the molecule is CCN(CC)CCCNc1nccn1CC(C)C. The van der Waals surface area contributed by atoms with Crippen molar-refractivity contribution in [2.24, 2.45) is 5.92 Å². The van der Waals surface area contributed by atoms with Gasteiger partial charge < -0.3 is 14.8 Å². The van der Waals surface area contributed by atoms with Gasteiger partial charge >= 0.3 is 0 Å². The zero-order valence-corrected chi connectivity index (χ0v) is 12.3. The summed E-state index contributed by atoms with van der Waals surface area (Å²) >= 11 is 0. The molecule has 0 aliphatic heterocycles. The van der Waals surface area contributed by atoms with E-state index in [9.17, 15) is 0 Å². The summed E-state index contributed by atoms with van der Waals surface area (Å²) < 4.78 is 2.20. The van der Waals surface area contributed by atoms with E-state index in [-0.39, 0.29) is 0 Å². The highest BCUT2D eigenvalue weighted by Crippen LogP contribution is 2.08. The monoisotopic (exact) mass is 252 g/mol. The van der Waals surface area contributed by atoms with Crippen molar-refractivity contribution in [3.63, 3.8) is 0 Å². The second-order valence-electron chi connectivity index (χ2n) is 5.10. The third-order valence-electron chi connectivity index (χ3n) is 3.11. The normalized spacial score (nSPS) is 11.4. The Labute approximate surface area is 111 Å². The van der Waals surface area contributed by atoms with E-state index >= 15 is 0 Å². The van der Waals surface area contributed by atoms with Crippen molar-refractivity contribution in [3.05, 3.63) is 12.4 Å². The Balaban J connectivity index is 2.28. The third kappa shape index (κ3) is 5.08. The lowest BCUT2D eigenvalue weighted by atomic mass is 10.2. The van der Waals surface area contributed by atoms with Gasteiger partial charge in [0.1, 0.15) is 0 Å². The topological polar surface area (TPSA) is 33.1 Å². The van der Waals surface area contributed by atoms with Crippen LogP contribution in [0, 0.1) is 5.92 Å². The fourth-order valence-corrected chi connectivity index (χ4v) is 2.06. The number of nitrogens with one attached hydrogen (secondary N) is 1. The van der Waals surface area contributed by atoms with Crippen molar-refractivity contribution < 1.29 is 0 Å². The summed E-state index contributed by atoms with van der Waals surface area (Å²) in [6.45, 7) is 14.3. The molecule has 1 heterocycles. The van der Waals surface area contributed by atoms with Crippen molar-refractivity contribution in [1.29, 1.82) is 0 Å². The number of nitrogens with zero attached hydrogens (tertiary/aromatic N) is 3. The molecule has 0 fully saturated rings. The maximum Gasteiger partial charge on any atom is 0.202 e. The first-order valence-electron chi connectivity index (χ1n) is 7.14. The lowest BCUT2D eigenvalue weighted by Gasteiger charge is -2.18. The molecule has 0 aromatic carbocycles. The molecule has 1 rings (SSSR count). The van der Waals surface area contributed by atoms with Crippen molar-refractivity contribution >= 4 is 5.95 Å². The van der Waals surface area contributed by atoms with Crippen LogP contribution in [0.2, 0.25) is 0 Å². The standard InChI is InChI=1S/C14H28N4/c1-5-17(6-2)10-7-8-15-14-16-9-11-18(14)12-13(3)4/h9,11,13H,5-8,10,12H2,1-4H3,(H,15,16). The Morgan fingerprint density at radius 1 is 1.33 bits per heavy atom. The highest BCUT2D eigenvalue weighted by molar-refractivity contribution is 5.25. The van der Waals surface area contributed by atoms with Gasteiger partial charge in [-0.05, 0) is 32.0 Å². The molecule has 18 heavy (non-hydrogen) atoms. The highest BCUT2D eigenvalue weighted by Gasteiger charge is 2.04. The van der Waals surface area contributed by atoms with Crippen molar-refractivity contribution in [2.45, 2.75) is 40.7 Å². The maximum absolute atomic E-state index is 4.36. The molecule has 0 saturated carbocycles. The van der Waals surface area contributed by atoms with Gasteiger partial charge in [-0.25, -0.2) is 4.98 Å². The molecule has 104 valence electrons. The van der Waals surface area contributed by atoms with Crippen molar-refractivity contribution in [2.75, 3.05) is 31.5 Å². The number of hydrogen-bond donors (Lipinski definition) is 1. The van der Waals surface area contributed by atoms with Crippen LogP contribution in [-0.2, 0) is 6.54 Å². The lowest BCUT2D eigenvalue weighted by Crippen LogP contribution is -2.25. The van der Waals surface area contributed by atoms with Crippen LogP contribution >= 0.6 is 0 Å². The number of hydrogen-bond acceptors (Lipinski definition) is 3. The van der Waals surface area contributed by atoms with Crippen LogP contribution in [0.5, 0.6) is 0 Å². The summed E-state index contributed by atoms with van der Waals surface area (Å²) in [5.74, 6) is 1.65. The third-order valence-corrected chi connectivity index (χ3v) is 3.11. The number of rotatable bonds is 9. The smallest absolute Gasteiger partial charge is 0.202 e. The average molecular weight is 252 g/mol. The molecule has 0 aliphatic carbocycles. The van der Waals surface area contributed by atoms with Crippen molar-refractivity contribution in [1.82, 2.24) is 14.5 Å². The van der Waals surface area contributed by atoms with Gasteiger partial charge in [0, 0.05) is 25.5 Å². The van der Waals surface area contributed by atoms with Gasteiger partial charge in [-0.1, -0.05) is 27.7 Å². The highest BCUT2D eigenvalue weighted by atomic mass is 15.2. The van der Waals surface area contributed by atoms with Gasteiger partial charge in [-0.15, -0.1) is 0 Å². The Morgan fingerprint density at radius 2 is 2.06 bits per heavy atom. The van der Waals surface area contributed by atoms with Crippen LogP contribution in [0.25, 0.3) is 0 Å². The van der Waals surface area contributed by atoms with Crippen LogP contribution in [0.15, 0.2) is 12.4 Å². The Bertz CT molecular complexity index is 315. The molecule has 0 unspecified atom stereocenters. The molecule has 0 atom stereocenters. The van der Waals surface area contributed by atoms with E-state index < -0.39 is 0 Å². The van der Waals surface area contributed by atoms with E-state index in [1.807, 2.05) is 12.4 Å². The average Bonchev–Trinajstić information content (AvgIpc) is 2.76. The zero-order valence-electron chi connectivity index (χ0n) is 12.3. The second kappa shape index (κ2) is 8.14. The number of imidazole rings is 1. The number of anilines is 1. The molecule has 1 aromatic rings. The lowest BCUT2D eigenvalue weighted by molar-refractivity contribution is 0.303. The summed E-state index contributed by atoms with van der Waals surface area (Å²) in [4.78, 5) is 6.81. The first-order valence-corrected chi connectivity index (χ1v) is 7.14. The largest absolute Gasteiger partial charge is 0.356 e. The van der Waals surface area contributed by atoms with E-state index in [2.05, 4.69) is 47.5 Å². The Morgan fingerprint density at radius 3 is 2.67 bits per heavy atom. The molecular weight excluding hydrogens is 224 g/mol. The van der Waals surface area contributed by atoms with Crippen LogP contribution in [0.4, 0.5) is 5.95 Å². The molecule has 1 aromatic heterocycles. The number of aromatic nitrogens is 2. The van der Waals surface area contributed by atoms with E-state index in [4.69, 9.17) is 0 Å².